The highest BCUT2D eigenvalue weighted by atomic mass is 19.4. The van der Waals surface area contributed by atoms with E-state index in [0.29, 0.717) is 36.2 Å². The number of ether oxygens (including phenoxy) is 1. The van der Waals surface area contributed by atoms with Crippen LogP contribution in [0.1, 0.15) is 38.2 Å². The normalized spacial score (nSPS) is 16.0. The van der Waals surface area contributed by atoms with Crippen LogP contribution in [0.3, 0.4) is 0 Å². The van der Waals surface area contributed by atoms with Crippen molar-refractivity contribution in [1.29, 1.82) is 0 Å². The lowest BCUT2D eigenvalue weighted by atomic mass is 9.98. The summed E-state index contributed by atoms with van der Waals surface area (Å²) in [4.78, 5) is 31.8. The first kappa shape index (κ1) is 24.6. The number of carbonyl (C=O) groups is 2. The lowest BCUT2D eigenvalue weighted by molar-refractivity contribution is -0.274. The van der Waals surface area contributed by atoms with Crippen LogP contribution in [0.4, 0.5) is 13.2 Å². The summed E-state index contributed by atoms with van der Waals surface area (Å²) in [7, 11) is 0. The van der Waals surface area contributed by atoms with Gasteiger partial charge in [-0.05, 0) is 38.0 Å². The molecule has 0 atom stereocenters. The molecule has 0 radical (unpaired) electrons. The average Bonchev–Trinajstić information content (AvgIpc) is 3.11. The number of fused-ring (bicyclic) bond motifs is 1. The van der Waals surface area contributed by atoms with E-state index in [9.17, 15) is 22.8 Å². The number of benzene rings is 1. The number of aromatic nitrogens is 2. The fraction of sp³-hybridized carbons (Fsp3) is 0.400. The summed E-state index contributed by atoms with van der Waals surface area (Å²) in [6.45, 7) is 8.61. The molecule has 186 valence electrons. The molecule has 35 heavy (non-hydrogen) atoms. The minimum Gasteiger partial charge on any atom is -0.405 e. The third-order valence-corrected chi connectivity index (χ3v) is 6.00. The summed E-state index contributed by atoms with van der Waals surface area (Å²) in [6.07, 6.45) is -3.10. The SMILES string of the molecule is CC(C)Cn1cc(-c2ccccc2OC(F)(F)F)c2ccc(C(=O)N3CCNC(=O)C3(C)C)nc21. The quantitative estimate of drug-likeness (QED) is 0.569. The number of pyridine rings is 1. The number of amides is 2. The predicted octanol–water partition coefficient (Wildman–Crippen LogP) is 4.61. The molecule has 1 aliphatic rings. The number of nitrogens with zero attached hydrogens (tertiary/aromatic N) is 3. The zero-order valence-corrected chi connectivity index (χ0v) is 19.9. The zero-order valence-electron chi connectivity index (χ0n) is 19.9. The maximum Gasteiger partial charge on any atom is 0.573 e. The van der Waals surface area contributed by atoms with E-state index in [1.807, 2.05) is 18.4 Å². The third-order valence-electron chi connectivity index (χ3n) is 6.00. The Labute approximate surface area is 200 Å². The third kappa shape index (κ3) is 4.82. The second kappa shape index (κ2) is 8.90. The molecule has 1 saturated heterocycles. The number of piperazine rings is 1. The molecule has 1 N–H and O–H groups in total. The Hall–Kier alpha value is -3.56. The molecule has 2 aromatic heterocycles. The summed E-state index contributed by atoms with van der Waals surface area (Å²) in [6, 6.07) is 9.17. The molecule has 0 bridgehead atoms. The number of hydrogen-bond donors (Lipinski definition) is 1. The van der Waals surface area contributed by atoms with E-state index >= 15 is 0 Å². The number of para-hydroxylation sites is 1. The number of alkyl halides is 3. The Morgan fingerprint density at radius 3 is 2.57 bits per heavy atom. The van der Waals surface area contributed by atoms with E-state index < -0.39 is 11.9 Å². The highest BCUT2D eigenvalue weighted by molar-refractivity contribution is 6.02. The van der Waals surface area contributed by atoms with Gasteiger partial charge in [-0.1, -0.05) is 32.0 Å². The molecule has 3 aromatic rings. The van der Waals surface area contributed by atoms with Gasteiger partial charge in [-0.15, -0.1) is 13.2 Å². The number of nitrogens with one attached hydrogen (secondary N) is 1. The minimum atomic E-state index is -4.84. The molecular weight excluding hydrogens is 461 g/mol. The van der Waals surface area contributed by atoms with Gasteiger partial charge in [0.2, 0.25) is 5.91 Å². The fourth-order valence-corrected chi connectivity index (χ4v) is 4.33. The van der Waals surface area contributed by atoms with Crippen molar-refractivity contribution in [2.75, 3.05) is 13.1 Å². The average molecular weight is 489 g/mol. The van der Waals surface area contributed by atoms with Gasteiger partial charge in [-0.2, -0.15) is 0 Å². The van der Waals surface area contributed by atoms with Gasteiger partial charge in [-0.25, -0.2) is 4.98 Å². The monoisotopic (exact) mass is 488 g/mol. The van der Waals surface area contributed by atoms with E-state index in [1.165, 1.54) is 17.0 Å². The molecule has 4 rings (SSSR count). The molecular formula is C25H27F3N4O3. The molecule has 0 unspecified atom stereocenters. The van der Waals surface area contributed by atoms with Gasteiger partial charge in [0.25, 0.3) is 5.91 Å². The van der Waals surface area contributed by atoms with E-state index in [2.05, 4.69) is 15.0 Å². The Kier molecular flexibility index (Phi) is 6.25. The molecule has 1 aromatic carbocycles. The molecule has 0 saturated carbocycles. The molecule has 2 amide bonds. The minimum absolute atomic E-state index is 0.162. The predicted molar refractivity (Wildman–Crippen MR) is 125 cm³/mol. The highest BCUT2D eigenvalue weighted by Crippen LogP contribution is 2.38. The molecule has 10 heteroatoms. The van der Waals surface area contributed by atoms with Crippen LogP contribution in [0.2, 0.25) is 0 Å². The van der Waals surface area contributed by atoms with Crippen LogP contribution in [0.25, 0.3) is 22.2 Å². The van der Waals surface area contributed by atoms with Crippen LogP contribution in [0.15, 0.2) is 42.6 Å². The molecule has 0 aliphatic carbocycles. The van der Waals surface area contributed by atoms with E-state index in [4.69, 9.17) is 0 Å². The van der Waals surface area contributed by atoms with Crippen molar-refractivity contribution in [3.63, 3.8) is 0 Å². The van der Waals surface area contributed by atoms with Crippen molar-refractivity contribution >= 4 is 22.8 Å². The second-order valence-corrected chi connectivity index (χ2v) is 9.47. The molecule has 0 spiro atoms. The van der Waals surface area contributed by atoms with Crippen LogP contribution < -0.4 is 10.1 Å². The van der Waals surface area contributed by atoms with Crippen LogP contribution >= 0.6 is 0 Å². The second-order valence-electron chi connectivity index (χ2n) is 9.47. The van der Waals surface area contributed by atoms with E-state index in [-0.39, 0.29) is 34.7 Å². The van der Waals surface area contributed by atoms with Gasteiger partial charge in [0.15, 0.2) is 0 Å². The van der Waals surface area contributed by atoms with Gasteiger partial charge in [-0.3, -0.25) is 9.59 Å². The first-order valence-corrected chi connectivity index (χ1v) is 11.3. The lowest BCUT2D eigenvalue weighted by Gasteiger charge is -2.40. The molecule has 7 nitrogen and oxygen atoms in total. The van der Waals surface area contributed by atoms with Crippen molar-refractivity contribution < 1.29 is 27.5 Å². The molecule has 1 aliphatic heterocycles. The van der Waals surface area contributed by atoms with Crippen LogP contribution in [-0.2, 0) is 11.3 Å². The molecule has 3 heterocycles. The maximum absolute atomic E-state index is 13.4. The number of halogens is 3. The first-order valence-electron chi connectivity index (χ1n) is 11.3. The highest BCUT2D eigenvalue weighted by Gasteiger charge is 2.41. The lowest BCUT2D eigenvalue weighted by Crippen LogP contribution is -2.63. The number of hydrogen-bond acceptors (Lipinski definition) is 4. The van der Waals surface area contributed by atoms with Crippen molar-refractivity contribution in [2.45, 2.75) is 46.1 Å². The molecule has 1 fully saturated rings. The van der Waals surface area contributed by atoms with Gasteiger partial charge in [0.1, 0.15) is 22.6 Å². The van der Waals surface area contributed by atoms with Gasteiger partial charge in [0.05, 0.1) is 0 Å². The standard InChI is InChI=1S/C25H27F3N4O3/c1-15(2)13-31-14-18(16-7-5-6-8-20(16)35-25(26,27)28)17-9-10-19(30-21(17)31)22(33)32-12-11-29-23(34)24(32,3)4/h5-10,14-15H,11-13H2,1-4H3,(H,29,34). The van der Waals surface area contributed by atoms with Crippen LogP contribution in [0.5, 0.6) is 5.75 Å². The number of carbonyl (C=O) groups excluding carboxylic acids is 2. The van der Waals surface area contributed by atoms with Crippen molar-refractivity contribution in [3.8, 4) is 16.9 Å². The summed E-state index contributed by atoms with van der Waals surface area (Å²) in [5.41, 5.74) is 0.386. The summed E-state index contributed by atoms with van der Waals surface area (Å²) >= 11 is 0. The Morgan fingerprint density at radius 2 is 1.89 bits per heavy atom. The Bertz CT molecular complexity index is 1280. The first-order chi connectivity index (χ1) is 16.4. The summed E-state index contributed by atoms with van der Waals surface area (Å²) in [5.74, 6) is -0.729. The fourth-order valence-electron chi connectivity index (χ4n) is 4.33. The Morgan fingerprint density at radius 1 is 1.17 bits per heavy atom. The number of rotatable bonds is 5. The van der Waals surface area contributed by atoms with E-state index in [0.717, 1.165) is 0 Å². The van der Waals surface area contributed by atoms with Crippen molar-refractivity contribution in [1.82, 2.24) is 19.8 Å². The summed E-state index contributed by atoms with van der Waals surface area (Å²) in [5, 5.41) is 3.36. The maximum atomic E-state index is 13.4. The smallest absolute Gasteiger partial charge is 0.405 e. The largest absolute Gasteiger partial charge is 0.573 e. The van der Waals surface area contributed by atoms with Crippen molar-refractivity contribution in [2.24, 2.45) is 5.92 Å². The van der Waals surface area contributed by atoms with Gasteiger partial charge < -0.3 is 19.5 Å². The van der Waals surface area contributed by atoms with Gasteiger partial charge in [0, 0.05) is 42.3 Å². The summed E-state index contributed by atoms with van der Waals surface area (Å²) < 4.78 is 45.2. The Balaban J connectivity index is 1.83. The van der Waals surface area contributed by atoms with Gasteiger partial charge >= 0.3 is 6.36 Å². The van der Waals surface area contributed by atoms with Crippen LogP contribution in [-0.4, -0.2) is 51.3 Å². The topological polar surface area (TPSA) is 76.5 Å². The zero-order chi connectivity index (χ0) is 25.5. The van der Waals surface area contributed by atoms with E-state index in [1.54, 1.807) is 44.3 Å². The van der Waals surface area contributed by atoms with Crippen molar-refractivity contribution in [3.05, 3.63) is 48.3 Å². The van der Waals surface area contributed by atoms with Crippen LogP contribution in [0, 0.1) is 5.92 Å².